The van der Waals surface area contributed by atoms with Crippen molar-refractivity contribution in [1.82, 2.24) is 5.32 Å². The fourth-order valence-electron chi connectivity index (χ4n) is 6.77. The third kappa shape index (κ3) is 3.95. The van der Waals surface area contributed by atoms with Crippen molar-refractivity contribution in [2.24, 2.45) is 34.5 Å². The van der Waals surface area contributed by atoms with Crippen molar-refractivity contribution in [1.29, 1.82) is 0 Å². The first-order chi connectivity index (χ1) is 14.6. The molecule has 7 atom stereocenters. The van der Waals surface area contributed by atoms with Gasteiger partial charge in [0.1, 0.15) is 12.4 Å². The van der Waals surface area contributed by atoms with Crippen molar-refractivity contribution < 1.29 is 29.0 Å². The van der Waals surface area contributed by atoms with Crippen molar-refractivity contribution in [2.75, 3.05) is 27.3 Å². The third-order valence-electron chi connectivity index (χ3n) is 8.62. The second kappa shape index (κ2) is 9.02. The number of carbonyl (C=O) groups is 3. The molecule has 0 aromatic rings. The number of esters is 2. The summed E-state index contributed by atoms with van der Waals surface area (Å²) in [6.45, 7) is 6.88. The summed E-state index contributed by atoms with van der Waals surface area (Å²) in [5.74, 6) is -1.03. The number of Topliss-reactive ketones (excluding diaryl/α,β-unsaturated/α-hetero) is 1. The average Bonchev–Trinajstić information content (AvgIpc) is 2.74. The molecule has 3 saturated carbocycles. The first-order valence-corrected chi connectivity index (χ1v) is 11.4. The molecule has 0 spiro atoms. The monoisotopic (exact) mass is 435 g/mol. The van der Waals surface area contributed by atoms with Gasteiger partial charge in [0.2, 0.25) is 0 Å². The Hall–Kier alpha value is -1.73. The fraction of sp³-hybridized carbons (Fsp3) is 0.792. The molecule has 3 rings (SSSR count). The van der Waals surface area contributed by atoms with Crippen LogP contribution in [0.25, 0.3) is 0 Å². The zero-order chi connectivity index (χ0) is 23.0. The summed E-state index contributed by atoms with van der Waals surface area (Å²) in [4.78, 5) is 38.4. The quantitative estimate of drug-likeness (QED) is 0.388. The summed E-state index contributed by atoms with van der Waals surface area (Å²) in [6.07, 6.45) is 3.83. The van der Waals surface area contributed by atoms with Gasteiger partial charge in [-0.25, -0.2) is 4.79 Å². The molecule has 0 radical (unpaired) electrons. The van der Waals surface area contributed by atoms with E-state index in [-0.39, 0.29) is 47.3 Å². The van der Waals surface area contributed by atoms with Crippen molar-refractivity contribution in [3.8, 4) is 0 Å². The minimum absolute atomic E-state index is 0.0443. The second-order valence-electron chi connectivity index (χ2n) is 10.0. The number of aliphatic hydroxyl groups excluding tert-OH is 1. The average molecular weight is 436 g/mol. The summed E-state index contributed by atoms with van der Waals surface area (Å²) in [5.41, 5.74) is -0.357. The number of hydrogen-bond donors (Lipinski definition) is 2. The van der Waals surface area contributed by atoms with Gasteiger partial charge in [0.05, 0.1) is 18.6 Å². The molecular weight excluding hydrogens is 398 g/mol. The highest BCUT2D eigenvalue weighted by atomic mass is 16.5. The molecule has 7 nitrogen and oxygen atoms in total. The molecule has 0 aromatic carbocycles. The molecule has 2 N–H and O–H groups in total. The maximum absolute atomic E-state index is 13.4. The topological polar surface area (TPSA) is 102 Å². The van der Waals surface area contributed by atoms with E-state index in [9.17, 15) is 19.5 Å². The van der Waals surface area contributed by atoms with E-state index >= 15 is 0 Å². The number of methoxy groups -OCH3 is 1. The Morgan fingerprint density at radius 3 is 2.65 bits per heavy atom. The molecule has 0 bridgehead atoms. The molecule has 0 aromatic heterocycles. The van der Waals surface area contributed by atoms with Crippen LogP contribution in [-0.4, -0.2) is 56.2 Å². The van der Waals surface area contributed by atoms with Crippen LogP contribution in [0.3, 0.4) is 0 Å². The number of ketones is 1. The summed E-state index contributed by atoms with van der Waals surface area (Å²) in [5, 5.41) is 13.7. The van der Waals surface area contributed by atoms with E-state index < -0.39 is 17.5 Å². The predicted molar refractivity (Wildman–Crippen MR) is 115 cm³/mol. The number of hydrogen-bond acceptors (Lipinski definition) is 7. The molecule has 31 heavy (non-hydrogen) atoms. The normalized spacial score (nSPS) is 41.3. The van der Waals surface area contributed by atoms with E-state index in [4.69, 9.17) is 9.47 Å². The molecule has 3 aliphatic rings. The Morgan fingerprint density at radius 1 is 1.29 bits per heavy atom. The zero-order valence-electron chi connectivity index (χ0n) is 19.4. The fourth-order valence-corrected chi connectivity index (χ4v) is 6.77. The van der Waals surface area contributed by atoms with Crippen LogP contribution in [0.5, 0.6) is 0 Å². The third-order valence-corrected chi connectivity index (χ3v) is 8.62. The van der Waals surface area contributed by atoms with Gasteiger partial charge in [-0.1, -0.05) is 19.4 Å². The number of likely N-dealkylation sites (N-methyl/N-ethyl adjacent to an activating group) is 1. The zero-order valence-corrected chi connectivity index (χ0v) is 19.4. The minimum Gasteiger partial charge on any atom is -0.469 e. The lowest BCUT2D eigenvalue weighted by molar-refractivity contribution is -0.197. The summed E-state index contributed by atoms with van der Waals surface area (Å²) in [6, 6.07) is 0. The van der Waals surface area contributed by atoms with Crippen LogP contribution < -0.4 is 5.32 Å². The number of allylic oxidation sites excluding steroid dienone is 1. The first-order valence-electron chi connectivity index (χ1n) is 11.4. The van der Waals surface area contributed by atoms with E-state index in [0.717, 1.165) is 24.8 Å². The lowest BCUT2D eigenvalue weighted by Crippen LogP contribution is -2.63. The molecule has 174 valence electrons. The van der Waals surface area contributed by atoms with Crippen molar-refractivity contribution in [2.45, 2.75) is 59.0 Å². The second-order valence-corrected chi connectivity index (χ2v) is 10.0. The smallest absolute Gasteiger partial charge is 0.330 e. The van der Waals surface area contributed by atoms with Gasteiger partial charge in [0.25, 0.3) is 0 Å². The van der Waals surface area contributed by atoms with Crippen molar-refractivity contribution >= 4 is 17.7 Å². The Balaban J connectivity index is 1.87. The highest BCUT2D eigenvalue weighted by Crippen LogP contribution is 2.64. The molecule has 3 aliphatic carbocycles. The summed E-state index contributed by atoms with van der Waals surface area (Å²) >= 11 is 0. The molecule has 0 heterocycles. The van der Waals surface area contributed by atoms with Gasteiger partial charge in [-0.15, -0.1) is 0 Å². The molecule has 0 aliphatic heterocycles. The largest absolute Gasteiger partial charge is 0.469 e. The molecule has 3 fully saturated rings. The van der Waals surface area contributed by atoms with E-state index in [0.29, 0.717) is 19.6 Å². The van der Waals surface area contributed by atoms with E-state index in [2.05, 4.69) is 12.2 Å². The number of ether oxygens (including phenoxy) is 2. The number of aliphatic hydroxyl groups is 1. The van der Waals surface area contributed by atoms with Crippen LogP contribution in [0.1, 0.15) is 52.9 Å². The van der Waals surface area contributed by atoms with E-state index in [1.807, 2.05) is 6.92 Å². The van der Waals surface area contributed by atoms with Crippen LogP contribution in [0.4, 0.5) is 0 Å². The van der Waals surface area contributed by atoms with Gasteiger partial charge in [-0.2, -0.15) is 0 Å². The van der Waals surface area contributed by atoms with Crippen LogP contribution >= 0.6 is 0 Å². The van der Waals surface area contributed by atoms with Crippen molar-refractivity contribution in [3.63, 3.8) is 0 Å². The first kappa shape index (κ1) is 23.9. The number of nitrogens with one attached hydrogen (secondary N) is 1. The number of rotatable bonds is 5. The van der Waals surface area contributed by atoms with Gasteiger partial charge in [0, 0.05) is 25.0 Å². The predicted octanol–water partition coefficient (Wildman–Crippen LogP) is 2.27. The molecular formula is C24H37NO6. The SMILES string of the molecule is CNCCOC(=O)/C=C1\CC[C@@H]2[C@@H](C(=O)C[C@@H]3[C@]2(C)CC[C@H](O)[C@]3(C)C(=O)OC)[C@H]1C. The lowest BCUT2D eigenvalue weighted by atomic mass is 9.42. The van der Waals surface area contributed by atoms with Gasteiger partial charge in [0.15, 0.2) is 0 Å². The maximum atomic E-state index is 13.4. The molecule has 0 unspecified atom stereocenters. The Bertz CT molecular complexity index is 763. The number of fused-ring (bicyclic) bond motifs is 3. The Kier molecular flexibility index (Phi) is 6.96. The van der Waals surface area contributed by atoms with Crippen LogP contribution in [-0.2, 0) is 23.9 Å². The lowest BCUT2D eigenvalue weighted by Gasteiger charge is -2.61. The standard InChI is InChI=1S/C24H37NO6/c1-14-15(12-20(28)31-11-10-25-4)6-7-16-21(14)17(26)13-18-23(16,2)9-8-19(27)24(18,3)22(29)30-5/h12,14,16,18-19,21,25,27H,6-11,13H2,1-5H3/b15-12+/t14-,16+,18+,19-,21-,23+,24+/m0/s1. The summed E-state index contributed by atoms with van der Waals surface area (Å²) < 4.78 is 10.3. The van der Waals surface area contributed by atoms with Gasteiger partial charge >= 0.3 is 11.9 Å². The Morgan fingerprint density at radius 2 is 2.00 bits per heavy atom. The van der Waals surface area contributed by atoms with E-state index in [1.54, 1.807) is 20.0 Å². The van der Waals surface area contributed by atoms with Crippen LogP contribution in [0.2, 0.25) is 0 Å². The Labute approximate surface area is 184 Å². The summed E-state index contributed by atoms with van der Waals surface area (Å²) in [7, 11) is 3.14. The van der Waals surface area contributed by atoms with Gasteiger partial charge < -0.3 is 19.9 Å². The van der Waals surface area contributed by atoms with Crippen molar-refractivity contribution in [3.05, 3.63) is 11.6 Å². The highest BCUT2D eigenvalue weighted by molar-refractivity contribution is 5.87. The molecule has 0 amide bonds. The van der Waals surface area contributed by atoms with Crippen LogP contribution in [0.15, 0.2) is 11.6 Å². The minimum atomic E-state index is -1.08. The number of carbonyl (C=O) groups excluding carboxylic acids is 3. The highest BCUT2D eigenvalue weighted by Gasteiger charge is 2.65. The van der Waals surface area contributed by atoms with Crippen LogP contribution in [0, 0.1) is 34.5 Å². The maximum Gasteiger partial charge on any atom is 0.330 e. The van der Waals surface area contributed by atoms with Gasteiger partial charge in [-0.05, 0) is 62.8 Å². The van der Waals surface area contributed by atoms with Gasteiger partial charge in [-0.3, -0.25) is 9.59 Å². The molecule has 7 heteroatoms. The van der Waals surface area contributed by atoms with E-state index in [1.165, 1.54) is 7.11 Å². The molecule has 0 saturated heterocycles.